The summed E-state index contributed by atoms with van der Waals surface area (Å²) in [6.07, 6.45) is 0. The lowest BCUT2D eigenvalue weighted by Crippen LogP contribution is -3.13. The average molecular weight is 361 g/mol. The van der Waals surface area contributed by atoms with Gasteiger partial charge in [-0.1, -0.05) is 29.8 Å². The fraction of sp³-hybridized carbons (Fsp3) is 0.316. The highest BCUT2D eigenvalue weighted by Gasteiger charge is 2.23. The van der Waals surface area contributed by atoms with Gasteiger partial charge in [0, 0.05) is 16.3 Å². The summed E-state index contributed by atoms with van der Waals surface area (Å²) in [6.45, 7) is 4.29. The van der Waals surface area contributed by atoms with Gasteiger partial charge in [-0.15, -0.1) is 0 Å². The summed E-state index contributed by atoms with van der Waals surface area (Å²) in [5.41, 5.74) is 1.98. The highest BCUT2D eigenvalue weighted by molar-refractivity contribution is 6.30. The second-order valence-electron chi connectivity index (χ2n) is 6.21. The lowest BCUT2D eigenvalue weighted by molar-refractivity contribution is -0.917. The number of hydrogen-bond acceptors (Lipinski definition) is 2. The van der Waals surface area contributed by atoms with Crippen LogP contribution in [0.25, 0.3) is 0 Å². The molecule has 0 aromatic heterocycles. The Hall–Kier alpha value is -2.24. The van der Waals surface area contributed by atoms with Crippen LogP contribution in [0.3, 0.4) is 0 Å². The number of quaternary nitrogens is 1. The van der Waals surface area contributed by atoms with Crippen molar-refractivity contribution in [2.75, 3.05) is 38.6 Å². The highest BCUT2D eigenvalue weighted by Crippen LogP contribution is 2.15. The van der Waals surface area contributed by atoms with E-state index in [1.807, 2.05) is 29.2 Å². The number of piperazine rings is 1. The first kappa shape index (κ1) is 17.6. The van der Waals surface area contributed by atoms with Gasteiger partial charge < -0.3 is 19.9 Å². The van der Waals surface area contributed by atoms with Gasteiger partial charge in [0.2, 0.25) is 0 Å². The zero-order valence-corrected chi connectivity index (χ0v) is 15.1. The predicted octanol–water partition coefficient (Wildman–Crippen LogP) is 2.28. The maximum Gasteiger partial charge on any atom is 0.322 e. The van der Waals surface area contributed by atoms with E-state index >= 15 is 0 Å². The summed E-state index contributed by atoms with van der Waals surface area (Å²) in [5.74, 6) is 0.886. The predicted molar refractivity (Wildman–Crippen MR) is 99.4 cm³/mol. The first-order valence-corrected chi connectivity index (χ1v) is 8.80. The number of carbonyl (C=O) groups excluding carboxylic acids is 1. The van der Waals surface area contributed by atoms with Crippen LogP contribution in [0.15, 0.2) is 48.5 Å². The van der Waals surface area contributed by atoms with Crippen LogP contribution in [0.1, 0.15) is 5.56 Å². The lowest BCUT2D eigenvalue weighted by atomic mass is 10.2. The quantitative estimate of drug-likeness (QED) is 0.878. The van der Waals surface area contributed by atoms with Crippen molar-refractivity contribution in [1.29, 1.82) is 0 Å². The number of amides is 2. The summed E-state index contributed by atoms with van der Waals surface area (Å²) < 4.78 is 5.28. The van der Waals surface area contributed by atoms with Gasteiger partial charge >= 0.3 is 6.03 Å². The average Bonchev–Trinajstić information content (AvgIpc) is 2.62. The van der Waals surface area contributed by atoms with Crippen molar-refractivity contribution in [3.05, 3.63) is 59.1 Å². The van der Waals surface area contributed by atoms with E-state index < -0.39 is 0 Å². The first-order valence-electron chi connectivity index (χ1n) is 8.42. The van der Waals surface area contributed by atoms with Crippen LogP contribution in [0.5, 0.6) is 5.75 Å². The van der Waals surface area contributed by atoms with Gasteiger partial charge in [-0.25, -0.2) is 4.79 Å². The van der Waals surface area contributed by atoms with Crippen molar-refractivity contribution >= 4 is 23.3 Å². The molecule has 0 saturated carbocycles. The Morgan fingerprint density at radius 2 is 1.96 bits per heavy atom. The maximum absolute atomic E-state index is 12.4. The molecule has 132 valence electrons. The molecule has 0 aliphatic carbocycles. The zero-order chi connectivity index (χ0) is 17.6. The highest BCUT2D eigenvalue weighted by atomic mass is 35.5. The molecule has 2 amide bonds. The number of carbonyl (C=O) groups is 1. The molecule has 2 aromatic rings. The number of nitrogens with zero attached hydrogens (tertiary/aromatic N) is 1. The number of nitrogens with one attached hydrogen (secondary N) is 2. The van der Waals surface area contributed by atoms with Gasteiger partial charge in [-0.05, 0) is 30.3 Å². The van der Waals surface area contributed by atoms with Crippen molar-refractivity contribution < 1.29 is 14.4 Å². The Kier molecular flexibility index (Phi) is 5.79. The second kappa shape index (κ2) is 8.23. The molecule has 2 aromatic carbocycles. The zero-order valence-electron chi connectivity index (χ0n) is 14.3. The molecule has 1 aliphatic heterocycles. The maximum atomic E-state index is 12.4. The molecule has 1 aliphatic rings. The second-order valence-corrected chi connectivity index (χ2v) is 6.64. The summed E-state index contributed by atoms with van der Waals surface area (Å²) in [7, 11) is 1.68. The van der Waals surface area contributed by atoms with Crippen molar-refractivity contribution in [2.45, 2.75) is 6.54 Å². The molecule has 0 bridgehead atoms. The van der Waals surface area contributed by atoms with Crippen molar-refractivity contribution in [1.82, 2.24) is 4.90 Å². The number of anilines is 1. The Morgan fingerprint density at radius 3 is 2.68 bits per heavy atom. The van der Waals surface area contributed by atoms with Crippen LogP contribution in [0.2, 0.25) is 5.02 Å². The van der Waals surface area contributed by atoms with E-state index in [1.165, 1.54) is 10.5 Å². The minimum absolute atomic E-state index is 0.0669. The number of hydrogen-bond donors (Lipinski definition) is 2. The third-order valence-electron chi connectivity index (χ3n) is 4.42. The van der Waals surface area contributed by atoms with Gasteiger partial charge in [0.05, 0.1) is 33.3 Å². The van der Waals surface area contributed by atoms with E-state index in [0.717, 1.165) is 44.2 Å². The minimum Gasteiger partial charge on any atom is -0.497 e. The summed E-state index contributed by atoms with van der Waals surface area (Å²) in [6, 6.07) is 15.3. The Morgan fingerprint density at radius 1 is 1.20 bits per heavy atom. The van der Waals surface area contributed by atoms with E-state index in [-0.39, 0.29) is 6.03 Å². The van der Waals surface area contributed by atoms with Gasteiger partial charge in [0.1, 0.15) is 12.3 Å². The van der Waals surface area contributed by atoms with Crippen LogP contribution < -0.4 is 15.0 Å². The Balaban J connectivity index is 1.50. The minimum atomic E-state index is -0.0669. The topological polar surface area (TPSA) is 46.0 Å². The third-order valence-corrected chi connectivity index (χ3v) is 4.66. The molecule has 1 fully saturated rings. The van der Waals surface area contributed by atoms with Crippen LogP contribution >= 0.6 is 11.6 Å². The van der Waals surface area contributed by atoms with E-state index in [2.05, 4.69) is 17.4 Å². The SMILES string of the molecule is COc1cccc(C[NH+]2CCN(C(=O)Nc3cccc(Cl)c3)CC2)c1. The van der Waals surface area contributed by atoms with E-state index in [4.69, 9.17) is 16.3 Å². The molecule has 2 N–H and O–H groups in total. The number of halogens is 1. The molecule has 0 radical (unpaired) electrons. The number of benzene rings is 2. The number of urea groups is 1. The molecule has 0 spiro atoms. The fourth-order valence-corrected chi connectivity index (χ4v) is 3.23. The van der Waals surface area contributed by atoms with Gasteiger partial charge in [-0.2, -0.15) is 0 Å². The molecule has 1 saturated heterocycles. The number of ether oxygens (including phenoxy) is 1. The molecule has 6 heteroatoms. The van der Waals surface area contributed by atoms with Crippen molar-refractivity contribution in [2.24, 2.45) is 0 Å². The normalized spacial score (nSPS) is 15.0. The molecular formula is C19H23ClN3O2+. The monoisotopic (exact) mass is 360 g/mol. The first-order chi connectivity index (χ1) is 12.1. The third kappa shape index (κ3) is 4.87. The molecule has 0 atom stereocenters. The molecule has 0 unspecified atom stereocenters. The summed E-state index contributed by atoms with van der Waals surface area (Å²) in [4.78, 5) is 15.7. The standard InChI is InChI=1S/C19H22ClN3O2/c1-25-18-7-2-4-15(12-18)14-22-8-10-23(11-9-22)19(24)21-17-6-3-5-16(20)13-17/h2-7,12-13H,8-11,14H2,1H3,(H,21,24)/p+1. The van der Waals surface area contributed by atoms with Crippen LogP contribution in [-0.4, -0.2) is 44.2 Å². The molecule has 1 heterocycles. The van der Waals surface area contributed by atoms with Gasteiger partial charge in [0.15, 0.2) is 0 Å². The van der Waals surface area contributed by atoms with Crippen LogP contribution in [-0.2, 0) is 6.54 Å². The lowest BCUT2D eigenvalue weighted by Gasteiger charge is -2.32. The number of methoxy groups -OCH3 is 1. The smallest absolute Gasteiger partial charge is 0.322 e. The number of rotatable bonds is 4. The molecule has 5 nitrogen and oxygen atoms in total. The van der Waals surface area contributed by atoms with E-state index in [0.29, 0.717) is 5.02 Å². The largest absolute Gasteiger partial charge is 0.497 e. The van der Waals surface area contributed by atoms with Crippen molar-refractivity contribution in [3.8, 4) is 5.75 Å². The summed E-state index contributed by atoms with van der Waals surface area (Å²) in [5, 5.41) is 3.52. The van der Waals surface area contributed by atoms with Crippen LogP contribution in [0.4, 0.5) is 10.5 Å². The van der Waals surface area contributed by atoms with Crippen LogP contribution in [0, 0.1) is 0 Å². The van der Waals surface area contributed by atoms with E-state index in [9.17, 15) is 4.79 Å². The Labute approximate surface area is 153 Å². The Bertz CT molecular complexity index is 730. The van der Waals surface area contributed by atoms with Gasteiger partial charge in [0.25, 0.3) is 0 Å². The molecular weight excluding hydrogens is 338 g/mol. The summed E-state index contributed by atoms with van der Waals surface area (Å²) >= 11 is 5.95. The molecule has 25 heavy (non-hydrogen) atoms. The van der Waals surface area contributed by atoms with Crippen molar-refractivity contribution in [3.63, 3.8) is 0 Å². The van der Waals surface area contributed by atoms with Gasteiger partial charge in [-0.3, -0.25) is 0 Å². The van der Waals surface area contributed by atoms with E-state index in [1.54, 1.807) is 19.2 Å². The fourth-order valence-electron chi connectivity index (χ4n) is 3.04. The molecule has 3 rings (SSSR count).